The van der Waals surface area contributed by atoms with Gasteiger partial charge in [-0.3, -0.25) is 4.79 Å². The largest absolute Gasteiger partial charge is 0.347 e. The fourth-order valence-electron chi connectivity index (χ4n) is 2.31. The van der Waals surface area contributed by atoms with E-state index in [1.54, 1.807) is 18.2 Å². The van der Waals surface area contributed by atoms with Gasteiger partial charge in [-0.2, -0.15) is 0 Å². The Morgan fingerprint density at radius 2 is 1.84 bits per heavy atom. The Balaban J connectivity index is 1.67. The molecule has 0 fully saturated rings. The molecule has 1 aromatic heterocycles. The molecule has 0 aliphatic carbocycles. The molecule has 1 heterocycles. The van der Waals surface area contributed by atoms with E-state index in [2.05, 4.69) is 20.6 Å². The molecule has 2 aromatic carbocycles. The lowest BCUT2D eigenvalue weighted by Crippen LogP contribution is -2.24. The molecule has 0 aliphatic rings. The van der Waals surface area contributed by atoms with Crippen LogP contribution in [0.3, 0.4) is 0 Å². The van der Waals surface area contributed by atoms with Crippen LogP contribution in [0.1, 0.15) is 21.6 Å². The molecular formula is C19H17ClN4O. The van der Waals surface area contributed by atoms with Gasteiger partial charge in [0.2, 0.25) is 0 Å². The molecule has 126 valence electrons. The van der Waals surface area contributed by atoms with Gasteiger partial charge in [0.05, 0.1) is 0 Å². The van der Waals surface area contributed by atoms with Crippen LogP contribution >= 0.6 is 11.6 Å². The van der Waals surface area contributed by atoms with E-state index in [-0.39, 0.29) is 5.91 Å². The fourth-order valence-corrected chi connectivity index (χ4v) is 2.43. The highest BCUT2D eigenvalue weighted by Crippen LogP contribution is 2.17. The summed E-state index contributed by atoms with van der Waals surface area (Å²) in [5.41, 5.74) is 3.34. The van der Waals surface area contributed by atoms with Crippen molar-refractivity contribution in [3.63, 3.8) is 0 Å². The average molecular weight is 353 g/mol. The summed E-state index contributed by atoms with van der Waals surface area (Å²) in [6.45, 7) is 2.47. The molecule has 0 unspecified atom stereocenters. The molecule has 0 saturated heterocycles. The molecular weight excluding hydrogens is 336 g/mol. The van der Waals surface area contributed by atoms with Crippen molar-refractivity contribution >= 4 is 29.0 Å². The van der Waals surface area contributed by atoms with Gasteiger partial charge in [0, 0.05) is 23.3 Å². The minimum absolute atomic E-state index is 0.246. The monoisotopic (exact) mass is 352 g/mol. The van der Waals surface area contributed by atoms with Gasteiger partial charge in [0.1, 0.15) is 17.8 Å². The van der Waals surface area contributed by atoms with Crippen LogP contribution in [0.2, 0.25) is 5.02 Å². The topological polar surface area (TPSA) is 66.9 Å². The van der Waals surface area contributed by atoms with Crippen LogP contribution in [-0.4, -0.2) is 15.9 Å². The maximum atomic E-state index is 12.3. The molecule has 0 atom stereocenters. The van der Waals surface area contributed by atoms with E-state index in [0.717, 1.165) is 16.8 Å². The smallest absolute Gasteiger partial charge is 0.270 e. The number of amides is 1. The van der Waals surface area contributed by atoms with Crippen LogP contribution in [0.15, 0.2) is 60.9 Å². The van der Waals surface area contributed by atoms with Gasteiger partial charge in [-0.05, 0) is 42.3 Å². The molecule has 3 rings (SSSR count). The Labute approximate surface area is 151 Å². The van der Waals surface area contributed by atoms with E-state index in [9.17, 15) is 4.79 Å². The van der Waals surface area contributed by atoms with Gasteiger partial charge in [0.15, 0.2) is 0 Å². The highest BCUT2D eigenvalue weighted by Gasteiger charge is 2.09. The van der Waals surface area contributed by atoms with Crippen LogP contribution in [0, 0.1) is 6.92 Å². The van der Waals surface area contributed by atoms with Crippen molar-refractivity contribution in [2.75, 3.05) is 5.32 Å². The van der Waals surface area contributed by atoms with E-state index in [4.69, 9.17) is 11.6 Å². The fraction of sp³-hybridized carbons (Fsp3) is 0.105. The quantitative estimate of drug-likeness (QED) is 0.725. The SMILES string of the molecule is Cc1ccccc1CNC(=O)c1cc(Nc2ccc(Cl)cc2)ncn1. The van der Waals surface area contributed by atoms with E-state index in [0.29, 0.717) is 23.1 Å². The minimum atomic E-state index is -0.246. The predicted octanol–water partition coefficient (Wildman–Crippen LogP) is 4.11. The molecule has 3 aromatic rings. The Hall–Kier alpha value is -2.92. The van der Waals surface area contributed by atoms with Crippen LogP contribution in [0.5, 0.6) is 0 Å². The lowest BCUT2D eigenvalue weighted by molar-refractivity contribution is 0.0945. The first-order valence-corrected chi connectivity index (χ1v) is 8.17. The normalized spacial score (nSPS) is 10.3. The minimum Gasteiger partial charge on any atom is -0.347 e. The lowest BCUT2D eigenvalue weighted by Gasteiger charge is -2.09. The number of aromatic nitrogens is 2. The number of carbonyl (C=O) groups is 1. The Kier molecular flexibility index (Phi) is 5.26. The molecule has 2 N–H and O–H groups in total. The summed E-state index contributed by atoms with van der Waals surface area (Å²) >= 11 is 5.87. The predicted molar refractivity (Wildman–Crippen MR) is 99.1 cm³/mol. The van der Waals surface area contributed by atoms with E-state index >= 15 is 0 Å². The first-order valence-electron chi connectivity index (χ1n) is 7.79. The average Bonchev–Trinajstić information content (AvgIpc) is 2.63. The second kappa shape index (κ2) is 7.77. The first-order chi connectivity index (χ1) is 12.1. The van der Waals surface area contributed by atoms with Gasteiger partial charge < -0.3 is 10.6 Å². The number of hydrogen-bond donors (Lipinski definition) is 2. The molecule has 25 heavy (non-hydrogen) atoms. The van der Waals surface area contributed by atoms with Crippen LogP contribution < -0.4 is 10.6 Å². The number of aryl methyl sites for hydroxylation is 1. The Bertz CT molecular complexity index is 881. The number of hydrogen-bond acceptors (Lipinski definition) is 4. The lowest BCUT2D eigenvalue weighted by atomic mass is 10.1. The number of nitrogens with zero attached hydrogens (tertiary/aromatic N) is 2. The van der Waals surface area contributed by atoms with Gasteiger partial charge in [-0.15, -0.1) is 0 Å². The third-order valence-electron chi connectivity index (χ3n) is 3.72. The van der Waals surface area contributed by atoms with Crippen molar-refractivity contribution in [1.29, 1.82) is 0 Å². The Morgan fingerprint density at radius 1 is 1.08 bits per heavy atom. The molecule has 0 spiro atoms. The van der Waals surface area contributed by atoms with Crippen molar-refractivity contribution in [3.8, 4) is 0 Å². The maximum Gasteiger partial charge on any atom is 0.270 e. The summed E-state index contributed by atoms with van der Waals surface area (Å²) < 4.78 is 0. The standard InChI is InChI=1S/C19H17ClN4O/c1-13-4-2-3-5-14(13)11-21-19(25)17-10-18(23-12-22-17)24-16-8-6-15(20)7-9-16/h2-10,12H,11H2,1H3,(H,21,25)(H,22,23,24). The van der Waals surface area contributed by atoms with E-state index in [1.165, 1.54) is 6.33 Å². The van der Waals surface area contributed by atoms with Crippen molar-refractivity contribution < 1.29 is 4.79 Å². The van der Waals surface area contributed by atoms with Gasteiger partial charge in [-0.25, -0.2) is 9.97 Å². The molecule has 5 nitrogen and oxygen atoms in total. The van der Waals surface area contributed by atoms with Crippen molar-refractivity contribution in [2.24, 2.45) is 0 Å². The number of benzene rings is 2. The first kappa shape index (κ1) is 16.9. The zero-order chi connectivity index (χ0) is 17.6. The van der Waals surface area contributed by atoms with Gasteiger partial charge in [-0.1, -0.05) is 35.9 Å². The summed E-state index contributed by atoms with van der Waals surface area (Å²) in [4.78, 5) is 20.5. The highest BCUT2D eigenvalue weighted by atomic mass is 35.5. The number of nitrogens with one attached hydrogen (secondary N) is 2. The second-order valence-electron chi connectivity index (χ2n) is 5.53. The number of rotatable bonds is 5. The van der Waals surface area contributed by atoms with Crippen molar-refractivity contribution in [2.45, 2.75) is 13.5 Å². The summed E-state index contributed by atoms with van der Waals surface area (Å²) in [6, 6.07) is 16.8. The molecule has 0 bridgehead atoms. The van der Waals surface area contributed by atoms with E-state index in [1.807, 2.05) is 43.3 Å². The number of carbonyl (C=O) groups excluding carboxylic acids is 1. The van der Waals surface area contributed by atoms with Gasteiger partial charge >= 0.3 is 0 Å². The highest BCUT2D eigenvalue weighted by molar-refractivity contribution is 6.30. The zero-order valence-electron chi connectivity index (χ0n) is 13.7. The second-order valence-corrected chi connectivity index (χ2v) is 5.97. The van der Waals surface area contributed by atoms with Crippen molar-refractivity contribution in [3.05, 3.63) is 82.8 Å². The van der Waals surface area contributed by atoms with E-state index < -0.39 is 0 Å². The molecule has 0 aliphatic heterocycles. The molecule has 6 heteroatoms. The third kappa shape index (κ3) is 4.55. The van der Waals surface area contributed by atoms with Crippen LogP contribution in [-0.2, 0) is 6.54 Å². The van der Waals surface area contributed by atoms with Crippen molar-refractivity contribution in [1.82, 2.24) is 15.3 Å². The molecule has 0 radical (unpaired) electrons. The maximum absolute atomic E-state index is 12.3. The zero-order valence-corrected chi connectivity index (χ0v) is 14.4. The summed E-state index contributed by atoms with van der Waals surface area (Å²) in [5, 5.41) is 6.66. The van der Waals surface area contributed by atoms with Crippen LogP contribution in [0.4, 0.5) is 11.5 Å². The summed E-state index contributed by atoms with van der Waals surface area (Å²) in [5.74, 6) is 0.295. The van der Waals surface area contributed by atoms with Crippen LogP contribution in [0.25, 0.3) is 0 Å². The van der Waals surface area contributed by atoms with Gasteiger partial charge in [0.25, 0.3) is 5.91 Å². The third-order valence-corrected chi connectivity index (χ3v) is 3.97. The molecule has 0 saturated carbocycles. The number of anilines is 2. The molecule has 1 amide bonds. The Morgan fingerprint density at radius 3 is 2.60 bits per heavy atom. The summed E-state index contributed by atoms with van der Waals surface area (Å²) in [7, 11) is 0. The summed E-state index contributed by atoms with van der Waals surface area (Å²) in [6.07, 6.45) is 1.36. The number of halogens is 1.